The smallest absolute Gasteiger partial charge is 0.220 e. The van der Waals surface area contributed by atoms with Gasteiger partial charge in [0.1, 0.15) is 0 Å². The first-order valence-corrected chi connectivity index (χ1v) is 7.66. The first-order chi connectivity index (χ1) is 10.6. The van der Waals surface area contributed by atoms with E-state index < -0.39 is 0 Å². The minimum Gasteiger partial charge on any atom is -0.333 e. The molecule has 2 heterocycles. The molecule has 22 heavy (non-hydrogen) atoms. The molecule has 1 amide bonds. The number of nitrogens with zero attached hydrogens (tertiary/aromatic N) is 4. The molecule has 1 saturated heterocycles. The van der Waals surface area contributed by atoms with Gasteiger partial charge in [-0.05, 0) is 11.6 Å². The SMILES string of the molecule is CC(=O)N1CCN(Cc2ccn(C)n2)CC1c1ccccc1. The highest BCUT2D eigenvalue weighted by molar-refractivity contribution is 5.74. The number of aryl methyl sites for hydroxylation is 1. The van der Waals surface area contributed by atoms with Crippen molar-refractivity contribution in [1.29, 1.82) is 0 Å². The molecule has 0 N–H and O–H groups in total. The molecule has 1 fully saturated rings. The molecular formula is C17H22N4O. The Labute approximate surface area is 131 Å². The maximum atomic E-state index is 11.9. The van der Waals surface area contributed by atoms with Crippen molar-refractivity contribution < 1.29 is 4.79 Å². The number of carbonyl (C=O) groups is 1. The van der Waals surface area contributed by atoms with Crippen LogP contribution in [0.3, 0.4) is 0 Å². The molecule has 5 nitrogen and oxygen atoms in total. The van der Waals surface area contributed by atoms with Crippen molar-refractivity contribution in [3.05, 3.63) is 53.9 Å². The van der Waals surface area contributed by atoms with Crippen LogP contribution in [0, 0.1) is 0 Å². The van der Waals surface area contributed by atoms with Gasteiger partial charge in [0.2, 0.25) is 5.91 Å². The molecule has 116 valence electrons. The molecule has 0 aliphatic carbocycles. The average Bonchev–Trinajstić information content (AvgIpc) is 2.93. The van der Waals surface area contributed by atoms with Gasteiger partial charge in [0.05, 0.1) is 11.7 Å². The first-order valence-electron chi connectivity index (χ1n) is 7.66. The van der Waals surface area contributed by atoms with E-state index in [-0.39, 0.29) is 11.9 Å². The Morgan fingerprint density at radius 1 is 1.23 bits per heavy atom. The summed E-state index contributed by atoms with van der Waals surface area (Å²) in [7, 11) is 1.93. The summed E-state index contributed by atoms with van der Waals surface area (Å²) in [4.78, 5) is 16.3. The zero-order valence-corrected chi connectivity index (χ0v) is 13.1. The quantitative estimate of drug-likeness (QED) is 0.868. The van der Waals surface area contributed by atoms with E-state index in [1.54, 1.807) is 6.92 Å². The molecule has 1 aromatic carbocycles. The maximum Gasteiger partial charge on any atom is 0.220 e. The highest BCUT2D eigenvalue weighted by Gasteiger charge is 2.29. The normalized spacial score (nSPS) is 19.4. The van der Waals surface area contributed by atoms with Crippen molar-refractivity contribution in [1.82, 2.24) is 19.6 Å². The Morgan fingerprint density at radius 3 is 2.64 bits per heavy atom. The van der Waals surface area contributed by atoms with E-state index in [0.717, 1.165) is 31.9 Å². The second-order valence-corrected chi connectivity index (χ2v) is 5.85. The van der Waals surface area contributed by atoms with Gasteiger partial charge >= 0.3 is 0 Å². The molecule has 0 spiro atoms. The highest BCUT2D eigenvalue weighted by atomic mass is 16.2. The summed E-state index contributed by atoms with van der Waals surface area (Å²) in [5.74, 6) is 0.145. The van der Waals surface area contributed by atoms with Crippen LogP contribution in [0.2, 0.25) is 0 Å². The third-order valence-electron chi connectivity index (χ3n) is 4.21. The zero-order chi connectivity index (χ0) is 15.5. The Bertz CT molecular complexity index is 637. The monoisotopic (exact) mass is 298 g/mol. The highest BCUT2D eigenvalue weighted by Crippen LogP contribution is 2.26. The molecule has 3 rings (SSSR count). The number of hydrogen-bond donors (Lipinski definition) is 0. The Morgan fingerprint density at radius 2 is 2.00 bits per heavy atom. The molecule has 0 saturated carbocycles. The van der Waals surface area contributed by atoms with Crippen LogP contribution in [0.4, 0.5) is 0 Å². The van der Waals surface area contributed by atoms with E-state index >= 15 is 0 Å². The molecule has 5 heteroatoms. The number of piperazine rings is 1. The van der Waals surface area contributed by atoms with Crippen molar-refractivity contribution in [2.45, 2.75) is 19.5 Å². The number of amides is 1. The van der Waals surface area contributed by atoms with E-state index in [1.807, 2.05) is 41.0 Å². The van der Waals surface area contributed by atoms with Crippen molar-refractivity contribution in [2.24, 2.45) is 7.05 Å². The molecule has 0 radical (unpaired) electrons. The summed E-state index contributed by atoms with van der Waals surface area (Å²) >= 11 is 0. The van der Waals surface area contributed by atoms with E-state index in [0.29, 0.717) is 0 Å². The van der Waals surface area contributed by atoms with Crippen molar-refractivity contribution in [3.63, 3.8) is 0 Å². The third-order valence-corrected chi connectivity index (χ3v) is 4.21. The number of hydrogen-bond acceptors (Lipinski definition) is 3. The minimum atomic E-state index is 0.121. The summed E-state index contributed by atoms with van der Waals surface area (Å²) in [5, 5.41) is 4.45. The lowest BCUT2D eigenvalue weighted by Gasteiger charge is -2.41. The number of aromatic nitrogens is 2. The summed E-state index contributed by atoms with van der Waals surface area (Å²) in [6.45, 7) is 4.99. The van der Waals surface area contributed by atoms with Gasteiger partial charge in [0, 0.05) is 46.3 Å². The van der Waals surface area contributed by atoms with Crippen LogP contribution in [0.15, 0.2) is 42.6 Å². The van der Waals surface area contributed by atoms with Gasteiger partial charge in [-0.3, -0.25) is 14.4 Å². The van der Waals surface area contributed by atoms with Crippen LogP contribution in [-0.2, 0) is 18.4 Å². The lowest BCUT2D eigenvalue weighted by atomic mass is 10.0. The Hall–Kier alpha value is -2.14. The molecular weight excluding hydrogens is 276 g/mol. The van der Waals surface area contributed by atoms with Crippen LogP contribution >= 0.6 is 0 Å². The first kappa shape index (κ1) is 14.8. The predicted octanol–water partition coefficient (Wildman–Crippen LogP) is 1.83. The Kier molecular flexibility index (Phi) is 4.24. The second-order valence-electron chi connectivity index (χ2n) is 5.85. The minimum absolute atomic E-state index is 0.121. The van der Waals surface area contributed by atoms with Gasteiger partial charge in [-0.25, -0.2) is 0 Å². The molecule has 2 aromatic rings. The van der Waals surface area contributed by atoms with Crippen LogP contribution < -0.4 is 0 Å². The number of benzene rings is 1. The van der Waals surface area contributed by atoms with Crippen molar-refractivity contribution in [3.8, 4) is 0 Å². The zero-order valence-electron chi connectivity index (χ0n) is 13.1. The van der Waals surface area contributed by atoms with E-state index in [1.165, 1.54) is 5.56 Å². The molecule has 0 bridgehead atoms. The van der Waals surface area contributed by atoms with Gasteiger partial charge in [-0.1, -0.05) is 30.3 Å². The van der Waals surface area contributed by atoms with E-state index in [9.17, 15) is 4.79 Å². The second kappa shape index (κ2) is 6.32. The van der Waals surface area contributed by atoms with Gasteiger partial charge in [0.15, 0.2) is 0 Å². The van der Waals surface area contributed by atoms with Gasteiger partial charge in [-0.2, -0.15) is 5.10 Å². The standard InChI is InChI=1S/C17H22N4O/c1-14(22)21-11-10-20(12-16-8-9-19(2)18-16)13-17(21)15-6-4-3-5-7-15/h3-9,17H,10-13H2,1-2H3. The van der Waals surface area contributed by atoms with Crippen LogP contribution in [0.1, 0.15) is 24.2 Å². The maximum absolute atomic E-state index is 11.9. The fourth-order valence-corrected chi connectivity index (χ4v) is 3.10. The lowest BCUT2D eigenvalue weighted by Crippen LogP contribution is -2.49. The lowest BCUT2D eigenvalue weighted by molar-refractivity contribution is -0.134. The van der Waals surface area contributed by atoms with Crippen LogP contribution in [0.25, 0.3) is 0 Å². The molecule has 1 unspecified atom stereocenters. The van der Waals surface area contributed by atoms with Gasteiger partial charge in [0.25, 0.3) is 0 Å². The molecule has 1 aromatic heterocycles. The third kappa shape index (κ3) is 3.20. The molecule has 1 atom stereocenters. The summed E-state index contributed by atoms with van der Waals surface area (Å²) in [6, 6.07) is 12.5. The number of rotatable bonds is 3. The topological polar surface area (TPSA) is 41.4 Å². The van der Waals surface area contributed by atoms with Crippen LogP contribution in [0.5, 0.6) is 0 Å². The van der Waals surface area contributed by atoms with Gasteiger partial charge in [-0.15, -0.1) is 0 Å². The van der Waals surface area contributed by atoms with Crippen molar-refractivity contribution >= 4 is 5.91 Å². The van der Waals surface area contributed by atoms with E-state index in [2.05, 4.69) is 28.2 Å². The Balaban J connectivity index is 1.76. The molecule has 1 aliphatic rings. The van der Waals surface area contributed by atoms with Crippen molar-refractivity contribution in [2.75, 3.05) is 19.6 Å². The fraction of sp³-hybridized carbons (Fsp3) is 0.412. The van der Waals surface area contributed by atoms with Crippen LogP contribution in [-0.4, -0.2) is 45.1 Å². The fourth-order valence-electron chi connectivity index (χ4n) is 3.10. The predicted molar refractivity (Wildman–Crippen MR) is 85.1 cm³/mol. The average molecular weight is 298 g/mol. The molecule has 1 aliphatic heterocycles. The summed E-state index contributed by atoms with van der Waals surface area (Å²) in [5.41, 5.74) is 2.27. The largest absolute Gasteiger partial charge is 0.333 e. The number of carbonyl (C=O) groups excluding carboxylic acids is 1. The summed E-state index contributed by atoms with van der Waals surface area (Å²) < 4.78 is 1.83. The van der Waals surface area contributed by atoms with E-state index in [4.69, 9.17) is 0 Å². The summed E-state index contributed by atoms with van der Waals surface area (Å²) in [6.07, 6.45) is 1.97. The van der Waals surface area contributed by atoms with Gasteiger partial charge < -0.3 is 4.90 Å².